The number of ether oxygens (including phenoxy) is 2. The summed E-state index contributed by atoms with van der Waals surface area (Å²) in [4.78, 5) is 23.5. The number of amides is 2. The minimum absolute atomic E-state index is 0.0923. The normalized spacial score (nSPS) is 17.8. The van der Waals surface area contributed by atoms with Crippen LogP contribution >= 0.6 is 11.3 Å². The number of aromatic nitrogens is 1. The molecule has 0 saturated carbocycles. The number of thiazole rings is 1. The summed E-state index contributed by atoms with van der Waals surface area (Å²) in [5.41, 5.74) is 2.86. The molecule has 2 amide bonds. The monoisotopic (exact) mass is 511 g/mol. The fourth-order valence-electron chi connectivity index (χ4n) is 4.57. The highest BCUT2D eigenvalue weighted by Crippen LogP contribution is 2.25. The highest BCUT2D eigenvalue weighted by molar-refractivity contribution is 7.18. The number of nitrogens with one attached hydrogen (secondary N) is 1. The molecule has 9 nitrogen and oxygen atoms in total. The summed E-state index contributed by atoms with van der Waals surface area (Å²) in [6.45, 7) is 8.65. The zero-order valence-electron chi connectivity index (χ0n) is 20.6. The molecule has 2 N–H and O–H groups in total. The first-order valence-corrected chi connectivity index (χ1v) is 13.2. The van der Waals surface area contributed by atoms with Crippen LogP contribution in [0.4, 0.5) is 16.2 Å². The van der Waals surface area contributed by atoms with E-state index in [2.05, 4.69) is 20.1 Å². The zero-order chi connectivity index (χ0) is 24.9. The van der Waals surface area contributed by atoms with Gasteiger partial charge in [0.2, 0.25) is 0 Å². The number of morpholine rings is 1. The van der Waals surface area contributed by atoms with Crippen molar-refractivity contribution in [3.8, 4) is 5.75 Å². The van der Waals surface area contributed by atoms with E-state index in [1.807, 2.05) is 54.3 Å². The van der Waals surface area contributed by atoms with Crippen molar-refractivity contribution in [2.45, 2.75) is 13.0 Å². The van der Waals surface area contributed by atoms with Gasteiger partial charge in [-0.05, 0) is 43.3 Å². The van der Waals surface area contributed by atoms with Crippen LogP contribution in [0.2, 0.25) is 0 Å². The number of piperazine rings is 1. The molecule has 10 heteroatoms. The van der Waals surface area contributed by atoms with Gasteiger partial charge in [-0.1, -0.05) is 0 Å². The van der Waals surface area contributed by atoms with Gasteiger partial charge in [0, 0.05) is 63.3 Å². The fourth-order valence-corrected chi connectivity index (χ4v) is 5.38. The number of rotatable bonds is 7. The van der Waals surface area contributed by atoms with Gasteiger partial charge in [0.25, 0.3) is 0 Å². The van der Waals surface area contributed by atoms with Crippen LogP contribution in [0.5, 0.6) is 5.75 Å². The molecular weight excluding hydrogens is 478 g/mol. The number of aryl methyl sites for hydroxylation is 1. The van der Waals surface area contributed by atoms with Crippen molar-refractivity contribution < 1.29 is 19.4 Å². The number of fused-ring (bicyclic) bond motifs is 1. The van der Waals surface area contributed by atoms with Crippen molar-refractivity contribution in [3.05, 3.63) is 47.5 Å². The van der Waals surface area contributed by atoms with Crippen molar-refractivity contribution >= 4 is 39.0 Å². The molecule has 2 aliphatic heterocycles. The second-order valence-corrected chi connectivity index (χ2v) is 10.4. The van der Waals surface area contributed by atoms with Crippen LogP contribution in [0.3, 0.4) is 0 Å². The number of nitrogens with zero attached hydrogens (tertiary/aromatic N) is 4. The van der Waals surface area contributed by atoms with E-state index in [4.69, 9.17) is 9.47 Å². The van der Waals surface area contributed by atoms with Crippen LogP contribution in [0.1, 0.15) is 5.01 Å². The molecule has 1 aromatic heterocycles. The molecule has 2 aliphatic rings. The van der Waals surface area contributed by atoms with Gasteiger partial charge in [-0.15, -0.1) is 11.3 Å². The topological polar surface area (TPSA) is 90.4 Å². The summed E-state index contributed by atoms with van der Waals surface area (Å²) in [6, 6.07) is 13.7. The predicted molar refractivity (Wildman–Crippen MR) is 142 cm³/mol. The van der Waals surface area contributed by atoms with Gasteiger partial charge in [-0.2, -0.15) is 0 Å². The molecule has 0 unspecified atom stereocenters. The molecule has 3 aromatic rings. The number of urea groups is 1. The molecule has 5 rings (SSSR count). The number of aliphatic hydroxyl groups excluding tert-OH is 1. The van der Waals surface area contributed by atoms with Gasteiger partial charge in [0.15, 0.2) is 0 Å². The Kier molecular flexibility index (Phi) is 7.86. The number of aliphatic hydroxyl groups is 1. The van der Waals surface area contributed by atoms with Gasteiger partial charge in [0.1, 0.15) is 18.5 Å². The first-order chi connectivity index (χ1) is 17.5. The predicted octanol–water partition coefficient (Wildman–Crippen LogP) is 3.03. The van der Waals surface area contributed by atoms with E-state index < -0.39 is 6.10 Å². The third kappa shape index (κ3) is 6.25. The number of β-amino-alcohol motifs (C(OH)–C–C–N with tert-alkyl or cyclic N) is 1. The SMILES string of the molecule is Cc1nc2cc(OC[C@H](O)CN3CCN(C(=O)Nc4ccc(N5CCOCC5)cc4)CC3)ccc2s1. The Bertz CT molecular complexity index is 1160. The number of carbonyl (C=O) groups is 1. The van der Waals surface area contributed by atoms with Crippen LogP contribution in [0.25, 0.3) is 10.2 Å². The van der Waals surface area contributed by atoms with Crippen LogP contribution in [-0.4, -0.2) is 97.7 Å². The summed E-state index contributed by atoms with van der Waals surface area (Å²) in [6.07, 6.45) is -0.608. The van der Waals surface area contributed by atoms with Gasteiger partial charge in [0.05, 0.1) is 28.4 Å². The quantitative estimate of drug-likeness (QED) is 0.504. The molecule has 2 aromatic carbocycles. The lowest BCUT2D eigenvalue weighted by Gasteiger charge is -2.35. The third-order valence-electron chi connectivity index (χ3n) is 6.53. The van der Waals surface area contributed by atoms with Crippen molar-refractivity contribution in [2.24, 2.45) is 0 Å². The minimum Gasteiger partial charge on any atom is -0.491 e. The maximum absolute atomic E-state index is 12.7. The minimum atomic E-state index is -0.608. The molecule has 0 bridgehead atoms. The van der Waals surface area contributed by atoms with E-state index in [-0.39, 0.29) is 12.6 Å². The summed E-state index contributed by atoms with van der Waals surface area (Å²) in [7, 11) is 0. The number of benzene rings is 2. The second kappa shape index (κ2) is 11.4. The van der Waals surface area contributed by atoms with E-state index in [0.717, 1.165) is 52.9 Å². The molecule has 36 heavy (non-hydrogen) atoms. The second-order valence-electron chi connectivity index (χ2n) is 9.19. The Morgan fingerprint density at radius 1 is 1.11 bits per heavy atom. The Labute approximate surface area is 215 Å². The maximum atomic E-state index is 12.7. The van der Waals surface area contributed by atoms with Crippen LogP contribution in [0.15, 0.2) is 42.5 Å². The summed E-state index contributed by atoms with van der Waals surface area (Å²) >= 11 is 1.66. The average molecular weight is 512 g/mol. The lowest BCUT2D eigenvalue weighted by Crippen LogP contribution is -2.52. The molecule has 0 aliphatic carbocycles. The largest absolute Gasteiger partial charge is 0.491 e. The Morgan fingerprint density at radius 2 is 1.86 bits per heavy atom. The molecule has 2 fully saturated rings. The van der Waals surface area contributed by atoms with Crippen molar-refractivity contribution in [3.63, 3.8) is 0 Å². The highest BCUT2D eigenvalue weighted by atomic mass is 32.1. The molecule has 192 valence electrons. The highest BCUT2D eigenvalue weighted by Gasteiger charge is 2.23. The van der Waals surface area contributed by atoms with Crippen LogP contribution < -0.4 is 15.0 Å². The summed E-state index contributed by atoms with van der Waals surface area (Å²) < 4.78 is 12.3. The van der Waals surface area contributed by atoms with Gasteiger partial charge in [-0.25, -0.2) is 9.78 Å². The van der Waals surface area contributed by atoms with Crippen LogP contribution in [-0.2, 0) is 4.74 Å². The Hall–Kier alpha value is -2.92. The third-order valence-corrected chi connectivity index (χ3v) is 7.48. The van der Waals surface area contributed by atoms with E-state index in [1.165, 1.54) is 0 Å². The van der Waals surface area contributed by atoms with Crippen molar-refractivity contribution in [1.29, 1.82) is 0 Å². The fraction of sp³-hybridized carbons (Fsp3) is 0.462. The molecule has 1 atom stereocenters. The molecular formula is C26H33N5O4S. The van der Waals surface area contributed by atoms with Gasteiger partial charge < -0.3 is 29.7 Å². The average Bonchev–Trinajstić information content (AvgIpc) is 3.28. The van der Waals surface area contributed by atoms with E-state index >= 15 is 0 Å². The number of carbonyl (C=O) groups excluding carboxylic acids is 1. The van der Waals surface area contributed by atoms with Gasteiger partial charge in [-0.3, -0.25) is 4.90 Å². The lowest BCUT2D eigenvalue weighted by atomic mass is 10.2. The van der Waals surface area contributed by atoms with Crippen LogP contribution in [0, 0.1) is 6.92 Å². The summed E-state index contributed by atoms with van der Waals surface area (Å²) in [5.74, 6) is 0.714. The number of hydrogen-bond donors (Lipinski definition) is 2. The number of hydrogen-bond acceptors (Lipinski definition) is 8. The summed E-state index contributed by atoms with van der Waals surface area (Å²) in [5, 5.41) is 14.5. The number of anilines is 2. The molecule has 0 radical (unpaired) electrons. The van der Waals surface area contributed by atoms with Crippen molar-refractivity contribution in [1.82, 2.24) is 14.8 Å². The van der Waals surface area contributed by atoms with E-state index in [9.17, 15) is 9.90 Å². The maximum Gasteiger partial charge on any atom is 0.321 e. The Morgan fingerprint density at radius 3 is 2.61 bits per heavy atom. The first-order valence-electron chi connectivity index (χ1n) is 12.4. The lowest BCUT2D eigenvalue weighted by molar-refractivity contribution is 0.0526. The molecule has 0 spiro atoms. The first kappa shape index (κ1) is 24.8. The molecule has 2 saturated heterocycles. The van der Waals surface area contributed by atoms with Gasteiger partial charge >= 0.3 is 6.03 Å². The van der Waals surface area contributed by atoms with Crippen molar-refractivity contribution in [2.75, 3.05) is 75.9 Å². The molecule has 3 heterocycles. The standard InChI is InChI=1S/C26H33N5O4S/c1-19-27-24-16-23(6-7-25(24)36-19)35-18-22(32)17-29-8-10-31(11-9-29)26(33)28-20-2-4-21(5-3-20)30-12-14-34-15-13-30/h2-7,16,22,32H,8-15,17-18H2,1H3,(H,28,33)/t22-/m1/s1. The zero-order valence-corrected chi connectivity index (χ0v) is 21.4. The van der Waals surface area contributed by atoms with E-state index in [1.54, 1.807) is 11.3 Å². The Balaban J connectivity index is 1.03. The smallest absolute Gasteiger partial charge is 0.321 e. The van der Waals surface area contributed by atoms with E-state index in [0.29, 0.717) is 38.5 Å².